The largest absolute Gasteiger partial charge is 0.307 e. The molecule has 2 nitrogen and oxygen atoms in total. The highest BCUT2D eigenvalue weighted by molar-refractivity contribution is 5.20. The predicted octanol–water partition coefficient (Wildman–Crippen LogP) is 3.21. The predicted molar refractivity (Wildman–Crippen MR) is 77.7 cm³/mol. The minimum Gasteiger partial charge on any atom is -0.307 e. The summed E-state index contributed by atoms with van der Waals surface area (Å²) in [6, 6.07) is 12.7. The first kappa shape index (κ1) is 13.6. The zero-order valence-corrected chi connectivity index (χ0v) is 11.9. The van der Waals surface area contributed by atoms with Crippen LogP contribution in [0.1, 0.15) is 45.2 Å². The summed E-state index contributed by atoms with van der Waals surface area (Å²) in [5, 5.41) is 3.68. The third-order valence-electron chi connectivity index (χ3n) is 4.23. The summed E-state index contributed by atoms with van der Waals surface area (Å²) >= 11 is 0. The number of rotatable bonds is 4. The van der Waals surface area contributed by atoms with E-state index in [1.165, 1.54) is 18.4 Å². The fraction of sp³-hybridized carbons (Fsp3) is 0.625. The molecule has 1 fully saturated rings. The van der Waals surface area contributed by atoms with Gasteiger partial charge in [0.05, 0.1) is 0 Å². The maximum absolute atomic E-state index is 3.68. The molecule has 2 rings (SSSR count). The van der Waals surface area contributed by atoms with Gasteiger partial charge in [-0.3, -0.25) is 4.90 Å². The molecule has 0 radical (unpaired) electrons. The lowest BCUT2D eigenvalue weighted by Crippen LogP contribution is -2.54. The zero-order chi connectivity index (χ0) is 13.0. The van der Waals surface area contributed by atoms with Crippen molar-refractivity contribution in [1.82, 2.24) is 10.2 Å². The number of nitrogens with one attached hydrogen (secondary N) is 1. The highest BCUT2D eigenvalue weighted by Crippen LogP contribution is 2.23. The summed E-state index contributed by atoms with van der Waals surface area (Å²) in [5.41, 5.74) is 1.42. The minimum absolute atomic E-state index is 0.489. The Morgan fingerprint density at radius 1 is 1.22 bits per heavy atom. The van der Waals surface area contributed by atoms with Crippen LogP contribution in [0, 0.1) is 0 Å². The molecule has 1 saturated heterocycles. The van der Waals surface area contributed by atoms with E-state index in [0.717, 1.165) is 19.1 Å². The third kappa shape index (κ3) is 2.93. The van der Waals surface area contributed by atoms with E-state index in [1.807, 2.05) is 0 Å². The van der Waals surface area contributed by atoms with E-state index in [4.69, 9.17) is 0 Å². The second-order valence-electron chi connectivity index (χ2n) is 5.39. The maximum Gasteiger partial charge on any atom is 0.0450 e. The molecule has 2 atom stereocenters. The van der Waals surface area contributed by atoms with Crippen molar-refractivity contribution in [2.75, 3.05) is 13.1 Å². The lowest BCUT2D eigenvalue weighted by Gasteiger charge is -2.43. The van der Waals surface area contributed by atoms with E-state index in [0.29, 0.717) is 12.1 Å². The number of nitrogens with zero attached hydrogens (tertiary/aromatic N) is 1. The quantitative estimate of drug-likeness (QED) is 0.877. The molecule has 1 aliphatic rings. The van der Waals surface area contributed by atoms with Gasteiger partial charge in [-0.25, -0.2) is 0 Å². The molecule has 1 heterocycles. The van der Waals surface area contributed by atoms with Crippen LogP contribution < -0.4 is 5.32 Å². The van der Waals surface area contributed by atoms with E-state index < -0.39 is 0 Å². The van der Waals surface area contributed by atoms with Gasteiger partial charge >= 0.3 is 0 Å². The molecular formula is C16H26N2. The molecular weight excluding hydrogens is 220 g/mol. The van der Waals surface area contributed by atoms with Gasteiger partial charge < -0.3 is 5.32 Å². The molecule has 1 aromatic rings. The van der Waals surface area contributed by atoms with Gasteiger partial charge in [-0.15, -0.1) is 0 Å². The van der Waals surface area contributed by atoms with Gasteiger partial charge in [0.2, 0.25) is 0 Å². The monoisotopic (exact) mass is 246 g/mol. The van der Waals surface area contributed by atoms with Gasteiger partial charge in [-0.05, 0) is 25.3 Å². The highest BCUT2D eigenvalue weighted by atomic mass is 15.2. The Morgan fingerprint density at radius 3 is 2.50 bits per heavy atom. The molecule has 0 bridgehead atoms. The number of benzene rings is 1. The number of hydrogen-bond acceptors (Lipinski definition) is 2. The Bertz CT molecular complexity index is 345. The summed E-state index contributed by atoms with van der Waals surface area (Å²) in [7, 11) is 0. The maximum atomic E-state index is 3.68. The Kier molecular flexibility index (Phi) is 4.79. The van der Waals surface area contributed by atoms with Gasteiger partial charge in [0, 0.05) is 31.2 Å². The Hall–Kier alpha value is -0.860. The van der Waals surface area contributed by atoms with Crippen LogP contribution in [0.2, 0.25) is 0 Å². The smallest absolute Gasteiger partial charge is 0.0450 e. The zero-order valence-electron chi connectivity index (χ0n) is 11.9. The van der Waals surface area contributed by atoms with Crippen molar-refractivity contribution in [2.24, 2.45) is 0 Å². The minimum atomic E-state index is 0.489. The molecule has 1 aromatic carbocycles. The molecule has 2 heteroatoms. The van der Waals surface area contributed by atoms with Gasteiger partial charge in [0.15, 0.2) is 0 Å². The second-order valence-corrected chi connectivity index (χ2v) is 5.39. The molecule has 18 heavy (non-hydrogen) atoms. The molecule has 1 N–H and O–H groups in total. The molecule has 2 unspecified atom stereocenters. The lowest BCUT2D eigenvalue weighted by molar-refractivity contribution is 0.0857. The summed E-state index contributed by atoms with van der Waals surface area (Å²) in [4.78, 5) is 2.69. The van der Waals surface area contributed by atoms with Crippen LogP contribution in [0.3, 0.4) is 0 Å². The summed E-state index contributed by atoms with van der Waals surface area (Å²) < 4.78 is 0. The van der Waals surface area contributed by atoms with Crippen molar-refractivity contribution < 1.29 is 0 Å². The van der Waals surface area contributed by atoms with Gasteiger partial charge in [0.25, 0.3) is 0 Å². The van der Waals surface area contributed by atoms with E-state index in [1.54, 1.807) is 0 Å². The van der Waals surface area contributed by atoms with Gasteiger partial charge in [0.1, 0.15) is 0 Å². The summed E-state index contributed by atoms with van der Waals surface area (Å²) in [5.74, 6) is 0. The number of hydrogen-bond donors (Lipinski definition) is 1. The standard InChI is InChI=1S/C16H26N2/c1-4-15(5-2)18-12-16(17-11-13(18)3)14-9-7-6-8-10-14/h6-10,13,15-17H,4-5,11-12H2,1-3H3. The van der Waals surface area contributed by atoms with Crippen LogP contribution >= 0.6 is 0 Å². The molecule has 0 aromatic heterocycles. The SMILES string of the molecule is CCC(CC)N1CC(c2ccccc2)NCC1C. The van der Waals surface area contributed by atoms with Crippen LogP contribution in [-0.4, -0.2) is 30.1 Å². The highest BCUT2D eigenvalue weighted by Gasteiger charge is 2.29. The molecule has 100 valence electrons. The summed E-state index contributed by atoms with van der Waals surface area (Å²) in [6.07, 6.45) is 2.50. The first-order chi connectivity index (χ1) is 8.76. The van der Waals surface area contributed by atoms with Crippen LogP contribution in [0.25, 0.3) is 0 Å². The Morgan fingerprint density at radius 2 is 1.89 bits per heavy atom. The van der Waals surface area contributed by atoms with Crippen LogP contribution in [0.15, 0.2) is 30.3 Å². The van der Waals surface area contributed by atoms with Crippen molar-refractivity contribution in [3.05, 3.63) is 35.9 Å². The second kappa shape index (κ2) is 6.35. The molecule has 0 amide bonds. The van der Waals surface area contributed by atoms with E-state index in [-0.39, 0.29) is 0 Å². The van der Waals surface area contributed by atoms with E-state index >= 15 is 0 Å². The van der Waals surface area contributed by atoms with Crippen molar-refractivity contribution in [2.45, 2.75) is 51.7 Å². The van der Waals surface area contributed by atoms with Crippen molar-refractivity contribution in [3.63, 3.8) is 0 Å². The van der Waals surface area contributed by atoms with Gasteiger partial charge in [-0.1, -0.05) is 44.2 Å². The molecule has 0 aliphatic carbocycles. The van der Waals surface area contributed by atoms with Crippen LogP contribution in [-0.2, 0) is 0 Å². The van der Waals surface area contributed by atoms with E-state index in [9.17, 15) is 0 Å². The lowest BCUT2D eigenvalue weighted by atomic mass is 9.99. The molecule has 1 aliphatic heterocycles. The Balaban J connectivity index is 2.09. The first-order valence-electron chi connectivity index (χ1n) is 7.30. The van der Waals surface area contributed by atoms with Crippen molar-refractivity contribution >= 4 is 0 Å². The van der Waals surface area contributed by atoms with E-state index in [2.05, 4.69) is 61.3 Å². The van der Waals surface area contributed by atoms with Crippen LogP contribution in [0.5, 0.6) is 0 Å². The number of piperazine rings is 1. The fourth-order valence-electron chi connectivity index (χ4n) is 3.06. The van der Waals surface area contributed by atoms with Crippen molar-refractivity contribution in [1.29, 1.82) is 0 Å². The summed E-state index contributed by atoms with van der Waals surface area (Å²) in [6.45, 7) is 9.18. The Labute approximate surface area is 111 Å². The van der Waals surface area contributed by atoms with Crippen molar-refractivity contribution in [3.8, 4) is 0 Å². The van der Waals surface area contributed by atoms with Crippen LogP contribution in [0.4, 0.5) is 0 Å². The topological polar surface area (TPSA) is 15.3 Å². The fourth-order valence-corrected chi connectivity index (χ4v) is 3.06. The average molecular weight is 246 g/mol. The molecule has 0 saturated carbocycles. The normalized spacial score (nSPS) is 25.6. The third-order valence-corrected chi connectivity index (χ3v) is 4.23. The average Bonchev–Trinajstić information content (AvgIpc) is 2.43. The molecule has 0 spiro atoms. The van der Waals surface area contributed by atoms with Gasteiger partial charge in [-0.2, -0.15) is 0 Å². The first-order valence-corrected chi connectivity index (χ1v) is 7.30.